The quantitative estimate of drug-likeness (QED) is 0.381. The van der Waals surface area contributed by atoms with Gasteiger partial charge in [-0.1, -0.05) is 41.4 Å². The number of esters is 1. The van der Waals surface area contributed by atoms with E-state index >= 15 is 0 Å². The van der Waals surface area contributed by atoms with Crippen LogP contribution in [0.4, 0.5) is 0 Å². The minimum atomic E-state index is -0.476. The van der Waals surface area contributed by atoms with Gasteiger partial charge in [0.15, 0.2) is 5.70 Å². The van der Waals surface area contributed by atoms with E-state index in [1.54, 1.807) is 48.2 Å². The number of halogens is 2. The third-order valence-corrected chi connectivity index (χ3v) is 4.73. The Balaban J connectivity index is 1.79. The molecule has 0 spiro atoms. The molecule has 3 rings (SSSR count). The minimum absolute atomic E-state index is 0.225. The van der Waals surface area contributed by atoms with Gasteiger partial charge in [-0.2, -0.15) is 0 Å². The molecule has 0 N–H and O–H groups in total. The van der Waals surface area contributed by atoms with Gasteiger partial charge < -0.3 is 4.74 Å². The van der Waals surface area contributed by atoms with Crippen LogP contribution in [0.1, 0.15) is 11.1 Å². The first-order valence-corrected chi connectivity index (χ1v) is 9.33. The topological polar surface area (TPSA) is 38.7 Å². The highest BCUT2D eigenvalue weighted by Crippen LogP contribution is 2.23. The molecule has 2 aromatic rings. The lowest BCUT2D eigenvalue weighted by Gasteiger charge is -1.98. The Kier molecular flexibility index (Phi) is 5.63. The molecule has 2 aromatic carbocycles. The van der Waals surface area contributed by atoms with Crippen molar-refractivity contribution < 1.29 is 9.53 Å². The molecular weight excluding hydrogens is 377 g/mol. The normalized spacial score (nSPS) is 15.7. The third kappa shape index (κ3) is 4.54. The first-order valence-electron chi connectivity index (χ1n) is 7.35. The number of nitrogens with zero attached hydrogens (tertiary/aromatic N) is 1. The lowest BCUT2D eigenvalue weighted by atomic mass is 10.2. The van der Waals surface area contributed by atoms with E-state index in [-0.39, 0.29) is 11.6 Å². The van der Waals surface area contributed by atoms with Gasteiger partial charge in [0, 0.05) is 21.0 Å². The molecular formula is C19H13Cl2NO2S. The SMILES string of the molecule is CSc1ccc(/C=C2N=C(/C=C/c3ccc(Cl)cc3Cl)OC\2=O)cc1. The predicted octanol–water partition coefficient (Wildman–Crippen LogP) is 5.72. The van der Waals surface area contributed by atoms with Gasteiger partial charge >= 0.3 is 5.97 Å². The fourth-order valence-corrected chi connectivity index (χ4v) is 3.03. The Morgan fingerprint density at radius 3 is 2.52 bits per heavy atom. The highest BCUT2D eigenvalue weighted by molar-refractivity contribution is 7.98. The second-order valence-corrected chi connectivity index (χ2v) is 6.86. The number of carbonyl (C=O) groups excluding carboxylic acids is 1. The van der Waals surface area contributed by atoms with E-state index in [0.717, 1.165) is 16.0 Å². The van der Waals surface area contributed by atoms with Crippen LogP contribution in [-0.2, 0) is 9.53 Å². The van der Waals surface area contributed by atoms with E-state index in [9.17, 15) is 4.79 Å². The summed E-state index contributed by atoms with van der Waals surface area (Å²) in [5, 5.41) is 1.07. The summed E-state index contributed by atoms with van der Waals surface area (Å²) in [6, 6.07) is 13.0. The van der Waals surface area contributed by atoms with Gasteiger partial charge in [-0.05, 0) is 53.8 Å². The second-order valence-electron chi connectivity index (χ2n) is 5.14. The molecule has 0 unspecified atom stereocenters. The molecule has 0 radical (unpaired) electrons. The number of ether oxygens (including phenoxy) is 1. The van der Waals surface area contributed by atoms with Gasteiger partial charge in [0.25, 0.3) is 0 Å². The van der Waals surface area contributed by atoms with Crippen molar-refractivity contribution in [3.63, 3.8) is 0 Å². The summed E-state index contributed by atoms with van der Waals surface area (Å²) in [6.07, 6.45) is 7.03. The minimum Gasteiger partial charge on any atom is -0.403 e. The lowest BCUT2D eigenvalue weighted by molar-refractivity contribution is -0.129. The first-order chi connectivity index (χ1) is 12.0. The molecule has 1 aliphatic rings. The zero-order valence-corrected chi connectivity index (χ0v) is 15.5. The molecule has 0 saturated carbocycles. The maximum atomic E-state index is 11.9. The zero-order chi connectivity index (χ0) is 17.8. The summed E-state index contributed by atoms with van der Waals surface area (Å²) in [6.45, 7) is 0. The largest absolute Gasteiger partial charge is 0.403 e. The molecule has 0 amide bonds. The van der Waals surface area contributed by atoms with Crippen molar-refractivity contribution in [2.24, 2.45) is 4.99 Å². The number of hydrogen-bond acceptors (Lipinski definition) is 4. The molecule has 3 nitrogen and oxygen atoms in total. The molecule has 126 valence electrons. The van der Waals surface area contributed by atoms with Crippen LogP contribution in [0.15, 0.2) is 64.1 Å². The summed E-state index contributed by atoms with van der Waals surface area (Å²) in [5.74, 6) is -0.251. The van der Waals surface area contributed by atoms with E-state index in [1.165, 1.54) is 0 Å². The standard InChI is InChI=1S/C19H13Cl2NO2S/c1-25-15-7-2-12(3-8-15)10-17-19(23)24-18(22-17)9-5-13-4-6-14(20)11-16(13)21/h2-11H,1H3/b9-5+,17-10-. The Labute approximate surface area is 160 Å². The summed E-state index contributed by atoms with van der Waals surface area (Å²) >= 11 is 13.6. The average molecular weight is 390 g/mol. The van der Waals surface area contributed by atoms with E-state index in [0.29, 0.717) is 10.0 Å². The molecule has 0 aromatic heterocycles. The third-order valence-electron chi connectivity index (χ3n) is 3.42. The fourth-order valence-electron chi connectivity index (χ4n) is 2.15. The van der Waals surface area contributed by atoms with Crippen LogP contribution in [0, 0.1) is 0 Å². The molecule has 0 bridgehead atoms. The summed E-state index contributed by atoms with van der Waals surface area (Å²) < 4.78 is 5.16. The molecule has 0 aliphatic carbocycles. The zero-order valence-electron chi connectivity index (χ0n) is 13.2. The fraction of sp³-hybridized carbons (Fsp3) is 0.0526. The van der Waals surface area contributed by atoms with Crippen LogP contribution < -0.4 is 0 Å². The maximum absolute atomic E-state index is 11.9. The smallest absolute Gasteiger partial charge is 0.363 e. The van der Waals surface area contributed by atoms with Gasteiger partial charge in [0.05, 0.1) is 0 Å². The summed E-state index contributed by atoms with van der Waals surface area (Å²) in [4.78, 5) is 17.3. The number of cyclic esters (lactones) is 1. The van der Waals surface area contributed by atoms with Gasteiger partial charge in [-0.15, -0.1) is 11.8 Å². The van der Waals surface area contributed by atoms with E-state index in [2.05, 4.69) is 4.99 Å². The summed E-state index contributed by atoms with van der Waals surface area (Å²) in [5.41, 5.74) is 1.91. The number of rotatable bonds is 4. The van der Waals surface area contributed by atoms with E-state index < -0.39 is 5.97 Å². The number of aliphatic imine (C=N–C) groups is 1. The van der Waals surface area contributed by atoms with Crippen molar-refractivity contribution in [1.82, 2.24) is 0 Å². The van der Waals surface area contributed by atoms with Gasteiger partial charge in [0.2, 0.25) is 5.90 Å². The number of benzene rings is 2. The van der Waals surface area contributed by atoms with E-state index in [4.69, 9.17) is 27.9 Å². The van der Waals surface area contributed by atoms with E-state index in [1.807, 2.05) is 30.5 Å². The Morgan fingerprint density at radius 2 is 1.84 bits per heavy atom. The van der Waals surface area contributed by atoms with Gasteiger partial charge in [-0.25, -0.2) is 9.79 Å². The molecule has 0 atom stereocenters. The molecule has 6 heteroatoms. The van der Waals surface area contributed by atoms with Crippen molar-refractivity contribution in [3.8, 4) is 0 Å². The van der Waals surface area contributed by atoms with Gasteiger partial charge in [-0.3, -0.25) is 0 Å². The van der Waals surface area contributed by atoms with Crippen molar-refractivity contribution in [3.05, 3.63) is 75.4 Å². The maximum Gasteiger partial charge on any atom is 0.363 e. The number of carbonyl (C=O) groups is 1. The van der Waals surface area contributed by atoms with Gasteiger partial charge in [0.1, 0.15) is 0 Å². The predicted molar refractivity (Wildman–Crippen MR) is 105 cm³/mol. The van der Waals surface area contributed by atoms with Crippen LogP contribution in [0.3, 0.4) is 0 Å². The average Bonchev–Trinajstić information content (AvgIpc) is 2.94. The molecule has 1 heterocycles. The highest BCUT2D eigenvalue weighted by atomic mass is 35.5. The monoisotopic (exact) mass is 389 g/mol. The van der Waals surface area contributed by atoms with Crippen molar-refractivity contribution >= 4 is 59.0 Å². The molecule has 0 saturated heterocycles. The number of thioether (sulfide) groups is 1. The highest BCUT2D eigenvalue weighted by Gasteiger charge is 2.21. The van der Waals surface area contributed by atoms with Crippen LogP contribution in [0.2, 0.25) is 10.0 Å². The summed E-state index contributed by atoms with van der Waals surface area (Å²) in [7, 11) is 0. The van der Waals surface area contributed by atoms with Crippen molar-refractivity contribution in [2.45, 2.75) is 4.90 Å². The lowest BCUT2D eigenvalue weighted by Crippen LogP contribution is -2.01. The Hall–Kier alpha value is -2.01. The number of hydrogen-bond donors (Lipinski definition) is 0. The van der Waals surface area contributed by atoms with Crippen LogP contribution in [-0.4, -0.2) is 18.1 Å². The molecule has 0 fully saturated rings. The Morgan fingerprint density at radius 1 is 1.08 bits per heavy atom. The van der Waals surface area contributed by atoms with Crippen LogP contribution in [0.25, 0.3) is 12.2 Å². The van der Waals surface area contributed by atoms with Crippen LogP contribution in [0.5, 0.6) is 0 Å². The second kappa shape index (κ2) is 7.91. The van der Waals surface area contributed by atoms with Crippen LogP contribution >= 0.6 is 35.0 Å². The molecule has 1 aliphatic heterocycles. The molecule has 25 heavy (non-hydrogen) atoms. The Bertz CT molecular complexity index is 902. The van der Waals surface area contributed by atoms with Crippen molar-refractivity contribution in [2.75, 3.05) is 6.26 Å². The van der Waals surface area contributed by atoms with Crippen molar-refractivity contribution in [1.29, 1.82) is 0 Å². The first kappa shape index (κ1) is 17.8.